The Morgan fingerprint density at radius 2 is 1.82 bits per heavy atom. The Kier molecular flexibility index (Phi) is 3.62. The molecule has 0 radical (unpaired) electrons. The standard InChI is InChI=1S/C17H9ClN4/c18-14-6-2-1-5-13(14)17-21-15(9-12(10-19)11-20)16-7-3-4-8-22(16)17/h1-9H. The number of rotatable bonds is 2. The summed E-state index contributed by atoms with van der Waals surface area (Å²) in [4.78, 5) is 4.56. The topological polar surface area (TPSA) is 64.9 Å². The number of hydrogen-bond donors (Lipinski definition) is 0. The van der Waals surface area contributed by atoms with Crippen molar-refractivity contribution in [1.82, 2.24) is 9.38 Å². The van der Waals surface area contributed by atoms with Gasteiger partial charge < -0.3 is 0 Å². The van der Waals surface area contributed by atoms with Gasteiger partial charge in [0.05, 0.1) is 16.2 Å². The molecule has 0 aliphatic carbocycles. The molecule has 3 rings (SSSR count). The molecule has 0 fully saturated rings. The van der Waals surface area contributed by atoms with Crippen molar-refractivity contribution in [2.45, 2.75) is 0 Å². The van der Waals surface area contributed by atoms with E-state index in [0.29, 0.717) is 16.5 Å². The Balaban J connectivity index is 2.31. The monoisotopic (exact) mass is 304 g/mol. The summed E-state index contributed by atoms with van der Waals surface area (Å²) in [5, 5.41) is 18.5. The van der Waals surface area contributed by atoms with Crippen LogP contribution in [0.25, 0.3) is 23.0 Å². The van der Waals surface area contributed by atoms with Gasteiger partial charge in [0.25, 0.3) is 0 Å². The third-order valence-corrected chi connectivity index (χ3v) is 3.54. The second kappa shape index (κ2) is 5.73. The van der Waals surface area contributed by atoms with E-state index >= 15 is 0 Å². The van der Waals surface area contributed by atoms with Crippen LogP contribution in [0.4, 0.5) is 0 Å². The molecule has 0 aliphatic heterocycles. The first-order valence-corrected chi connectivity index (χ1v) is 6.86. The van der Waals surface area contributed by atoms with Crippen molar-refractivity contribution in [2.24, 2.45) is 0 Å². The van der Waals surface area contributed by atoms with Crippen LogP contribution < -0.4 is 0 Å². The zero-order valence-corrected chi connectivity index (χ0v) is 12.1. The zero-order valence-electron chi connectivity index (χ0n) is 11.4. The summed E-state index contributed by atoms with van der Waals surface area (Å²) in [6, 6.07) is 16.8. The van der Waals surface area contributed by atoms with Crippen molar-refractivity contribution in [2.75, 3.05) is 0 Å². The number of hydrogen-bond acceptors (Lipinski definition) is 3. The lowest BCUT2D eigenvalue weighted by Crippen LogP contribution is -1.88. The van der Waals surface area contributed by atoms with Crippen LogP contribution >= 0.6 is 11.6 Å². The second-order valence-electron chi connectivity index (χ2n) is 4.54. The number of imidazole rings is 1. The molecule has 0 saturated carbocycles. The lowest BCUT2D eigenvalue weighted by atomic mass is 10.2. The quantitative estimate of drug-likeness (QED) is 0.670. The molecule has 0 spiro atoms. The summed E-state index contributed by atoms with van der Waals surface area (Å²) in [5.74, 6) is 0.669. The van der Waals surface area contributed by atoms with Gasteiger partial charge in [-0.15, -0.1) is 0 Å². The number of nitrogens with zero attached hydrogens (tertiary/aromatic N) is 4. The number of halogens is 1. The van der Waals surface area contributed by atoms with E-state index in [0.717, 1.165) is 11.1 Å². The van der Waals surface area contributed by atoms with E-state index in [4.69, 9.17) is 22.1 Å². The molecule has 22 heavy (non-hydrogen) atoms. The highest BCUT2D eigenvalue weighted by molar-refractivity contribution is 6.33. The predicted molar refractivity (Wildman–Crippen MR) is 84.8 cm³/mol. The molecule has 0 amide bonds. The number of allylic oxidation sites excluding steroid dienone is 1. The van der Waals surface area contributed by atoms with Crippen LogP contribution in [-0.4, -0.2) is 9.38 Å². The lowest BCUT2D eigenvalue weighted by Gasteiger charge is -2.02. The molecule has 2 aromatic heterocycles. The van der Waals surface area contributed by atoms with E-state index in [1.54, 1.807) is 6.07 Å². The van der Waals surface area contributed by atoms with Gasteiger partial charge in [-0.05, 0) is 30.3 Å². The van der Waals surface area contributed by atoms with Gasteiger partial charge in [-0.2, -0.15) is 10.5 Å². The summed E-state index contributed by atoms with van der Waals surface area (Å²) >= 11 is 6.26. The molecule has 5 heteroatoms. The minimum absolute atomic E-state index is 0.00885. The maximum atomic E-state index is 8.93. The van der Waals surface area contributed by atoms with E-state index in [-0.39, 0.29) is 5.57 Å². The van der Waals surface area contributed by atoms with Crippen LogP contribution in [-0.2, 0) is 0 Å². The van der Waals surface area contributed by atoms with Crippen molar-refractivity contribution in [1.29, 1.82) is 10.5 Å². The SMILES string of the molecule is N#CC(C#N)=Cc1nc(-c2ccccc2Cl)n2ccccc12. The molecular weight excluding hydrogens is 296 g/mol. The van der Waals surface area contributed by atoms with Crippen molar-refractivity contribution in [3.8, 4) is 23.5 Å². The molecule has 104 valence electrons. The van der Waals surface area contributed by atoms with Crippen LogP contribution in [0.1, 0.15) is 5.69 Å². The molecule has 2 heterocycles. The number of aromatic nitrogens is 2. The van der Waals surface area contributed by atoms with Gasteiger partial charge in [0.1, 0.15) is 23.5 Å². The molecule has 0 N–H and O–H groups in total. The summed E-state index contributed by atoms with van der Waals surface area (Å²) in [7, 11) is 0. The van der Waals surface area contributed by atoms with Crippen LogP contribution in [0.5, 0.6) is 0 Å². The zero-order chi connectivity index (χ0) is 15.5. The van der Waals surface area contributed by atoms with Crippen molar-refractivity contribution >= 4 is 23.2 Å². The summed E-state index contributed by atoms with van der Waals surface area (Å²) in [5.41, 5.74) is 2.17. The number of fused-ring (bicyclic) bond motifs is 1. The minimum atomic E-state index is 0.00885. The molecule has 3 aromatic rings. The predicted octanol–water partition coefficient (Wildman–Crippen LogP) is 4.09. The molecular formula is C17H9ClN4. The van der Waals surface area contributed by atoms with Crippen LogP contribution in [0.3, 0.4) is 0 Å². The average molecular weight is 305 g/mol. The maximum Gasteiger partial charge on any atom is 0.146 e. The van der Waals surface area contributed by atoms with Crippen LogP contribution in [0.2, 0.25) is 5.02 Å². The Morgan fingerprint density at radius 3 is 2.55 bits per heavy atom. The number of benzene rings is 1. The molecule has 0 unspecified atom stereocenters. The third-order valence-electron chi connectivity index (χ3n) is 3.21. The van der Waals surface area contributed by atoms with E-state index in [9.17, 15) is 0 Å². The normalized spacial score (nSPS) is 9.95. The van der Waals surface area contributed by atoms with Crippen molar-refractivity contribution < 1.29 is 0 Å². The first-order chi connectivity index (χ1) is 10.7. The Labute approximate surface area is 132 Å². The van der Waals surface area contributed by atoms with E-state index in [1.165, 1.54) is 6.08 Å². The highest BCUT2D eigenvalue weighted by Crippen LogP contribution is 2.29. The van der Waals surface area contributed by atoms with Crippen molar-refractivity contribution in [3.05, 3.63) is 65.0 Å². The summed E-state index contributed by atoms with van der Waals surface area (Å²) < 4.78 is 1.89. The highest BCUT2D eigenvalue weighted by atomic mass is 35.5. The maximum absolute atomic E-state index is 8.93. The first kappa shape index (κ1) is 13.9. The largest absolute Gasteiger partial charge is 0.299 e. The molecule has 0 atom stereocenters. The smallest absolute Gasteiger partial charge is 0.146 e. The van der Waals surface area contributed by atoms with Crippen molar-refractivity contribution in [3.63, 3.8) is 0 Å². The van der Waals surface area contributed by atoms with E-state index in [1.807, 2.05) is 59.1 Å². The van der Waals surface area contributed by atoms with Gasteiger partial charge in [0, 0.05) is 11.8 Å². The van der Waals surface area contributed by atoms with Gasteiger partial charge in [0.2, 0.25) is 0 Å². The molecule has 4 nitrogen and oxygen atoms in total. The average Bonchev–Trinajstić information content (AvgIpc) is 2.92. The lowest BCUT2D eigenvalue weighted by molar-refractivity contribution is 1.16. The fourth-order valence-electron chi connectivity index (χ4n) is 2.23. The Morgan fingerprint density at radius 1 is 1.09 bits per heavy atom. The molecule has 1 aromatic carbocycles. The second-order valence-corrected chi connectivity index (χ2v) is 4.95. The van der Waals surface area contributed by atoms with Gasteiger partial charge in [-0.3, -0.25) is 4.40 Å². The molecule has 0 aliphatic rings. The molecule has 0 bridgehead atoms. The highest BCUT2D eigenvalue weighted by Gasteiger charge is 2.13. The fraction of sp³-hybridized carbons (Fsp3) is 0. The number of pyridine rings is 1. The van der Waals surface area contributed by atoms with E-state index < -0.39 is 0 Å². The van der Waals surface area contributed by atoms with Gasteiger partial charge >= 0.3 is 0 Å². The summed E-state index contributed by atoms with van der Waals surface area (Å²) in [6.45, 7) is 0. The van der Waals surface area contributed by atoms with Gasteiger partial charge in [-0.25, -0.2) is 4.98 Å². The van der Waals surface area contributed by atoms with Gasteiger partial charge in [0.15, 0.2) is 0 Å². The Bertz CT molecular complexity index is 954. The minimum Gasteiger partial charge on any atom is -0.299 e. The van der Waals surface area contributed by atoms with E-state index in [2.05, 4.69) is 4.98 Å². The molecule has 0 saturated heterocycles. The Hall–Kier alpha value is -3.08. The number of nitriles is 2. The van der Waals surface area contributed by atoms with Crippen LogP contribution in [0.15, 0.2) is 54.2 Å². The van der Waals surface area contributed by atoms with Crippen LogP contribution in [0, 0.1) is 22.7 Å². The van der Waals surface area contributed by atoms with Gasteiger partial charge in [-0.1, -0.05) is 29.8 Å². The summed E-state index contributed by atoms with van der Waals surface area (Å²) in [6.07, 6.45) is 3.35. The fourth-order valence-corrected chi connectivity index (χ4v) is 2.45. The first-order valence-electron chi connectivity index (χ1n) is 6.48. The third kappa shape index (κ3) is 2.33.